The number of aliphatic carboxylic acids is 1. The Morgan fingerprint density at radius 3 is 2.81 bits per heavy atom. The lowest BCUT2D eigenvalue weighted by Crippen LogP contribution is -2.14. The number of methoxy groups -OCH3 is 1. The van der Waals surface area contributed by atoms with Crippen LogP contribution in [-0.2, 0) is 11.2 Å². The van der Waals surface area contributed by atoms with Crippen molar-refractivity contribution >= 4 is 17.6 Å². The Labute approximate surface area is 99.2 Å². The second-order valence-corrected chi connectivity index (χ2v) is 4.06. The first-order valence-corrected chi connectivity index (χ1v) is 5.26. The number of rotatable bonds is 4. The van der Waals surface area contributed by atoms with Crippen LogP contribution in [0.3, 0.4) is 0 Å². The fourth-order valence-electron chi connectivity index (χ4n) is 1.43. The average Bonchev–Trinajstić information content (AvgIpc) is 2.22. The number of carboxylic acids is 1. The van der Waals surface area contributed by atoms with Gasteiger partial charge in [-0.05, 0) is 6.92 Å². The lowest BCUT2D eigenvalue weighted by molar-refractivity contribution is -0.141. The molecule has 0 aliphatic heterocycles. The Morgan fingerprint density at radius 1 is 1.69 bits per heavy atom. The summed E-state index contributed by atoms with van der Waals surface area (Å²) in [6, 6.07) is 0. The van der Waals surface area contributed by atoms with Crippen molar-refractivity contribution in [2.24, 2.45) is 5.92 Å². The van der Waals surface area contributed by atoms with E-state index in [4.69, 9.17) is 21.4 Å². The number of hydrogen-bond donors (Lipinski definition) is 1. The Bertz CT molecular complexity index is 406. The second-order valence-electron chi connectivity index (χ2n) is 3.65. The van der Waals surface area contributed by atoms with Gasteiger partial charge < -0.3 is 9.84 Å². The van der Waals surface area contributed by atoms with Gasteiger partial charge in [-0.2, -0.15) is 0 Å². The Hall–Kier alpha value is -1.29. The lowest BCUT2D eigenvalue weighted by Gasteiger charge is -2.12. The monoisotopic (exact) mass is 243 g/mol. The van der Waals surface area contributed by atoms with Crippen molar-refractivity contribution in [2.45, 2.75) is 20.3 Å². The number of carbonyl (C=O) groups is 1. The van der Waals surface area contributed by atoms with Crippen LogP contribution in [0.5, 0.6) is 5.75 Å². The van der Waals surface area contributed by atoms with Gasteiger partial charge in [0.2, 0.25) is 0 Å². The van der Waals surface area contributed by atoms with Gasteiger partial charge in [0.15, 0.2) is 0 Å². The predicted octanol–water partition coefficient (Wildman–Crippen LogP) is 2.32. The third kappa shape index (κ3) is 2.64. The molecule has 0 radical (unpaired) electrons. The molecule has 0 aliphatic carbocycles. The lowest BCUT2D eigenvalue weighted by atomic mass is 10.0. The maximum Gasteiger partial charge on any atom is 0.306 e. The number of hydrogen-bond acceptors (Lipinski definition) is 3. The highest BCUT2D eigenvalue weighted by atomic mass is 35.5. The predicted molar refractivity (Wildman–Crippen MR) is 61.0 cm³/mol. The molecule has 1 atom stereocenters. The van der Waals surface area contributed by atoms with E-state index in [1.807, 2.05) is 6.92 Å². The van der Waals surface area contributed by atoms with Crippen LogP contribution in [0.25, 0.3) is 0 Å². The molecule has 1 aromatic rings. The highest BCUT2D eigenvalue weighted by Crippen LogP contribution is 2.29. The van der Waals surface area contributed by atoms with Crippen molar-refractivity contribution in [3.63, 3.8) is 0 Å². The summed E-state index contributed by atoms with van der Waals surface area (Å²) < 4.78 is 5.14. The molecule has 0 saturated heterocycles. The zero-order chi connectivity index (χ0) is 12.3. The molecule has 0 fully saturated rings. The van der Waals surface area contributed by atoms with Crippen LogP contribution < -0.4 is 4.74 Å². The molecule has 1 aromatic heterocycles. The van der Waals surface area contributed by atoms with E-state index in [2.05, 4.69) is 4.98 Å². The van der Waals surface area contributed by atoms with Gasteiger partial charge in [0.25, 0.3) is 0 Å². The van der Waals surface area contributed by atoms with Gasteiger partial charge >= 0.3 is 5.97 Å². The zero-order valence-electron chi connectivity index (χ0n) is 9.45. The van der Waals surface area contributed by atoms with Gasteiger partial charge in [-0.25, -0.2) is 0 Å². The minimum absolute atomic E-state index is 0.370. The highest BCUT2D eigenvalue weighted by molar-refractivity contribution is 6.32. The second kappa shape index (κ2) is 5.16. The fourth-order valence-corrected chi connectivity index (χ4v) is 1.70. The summed E-state index contributed by atoms with van der Waals surface area (Å²) in [5.41, 5.74) is 1.50. The van der Waals surface area contributed by atoms with E-state index in [-0.39, 0.29) is 0 Å². The summed E-state index contributed by atoms with van der Waals surface area (Å²) in [7, 11) is 1.53. The average molecular weight is 244 g/mol. The first-order chi connectivity index (χ1) is 7.47. The van der Waals surface area contributed by atoms with Gasteiger partial charge in [-0.3, -0.25) is 9.78 Å². The summed E-state index contributed by atoms with van der Waals surface area (Å²) in [6.07, 6.45) is 1.85. The summed E-state index contributed by atoms with van der Waals surface area (Å²) in [5.74, 6) is -0.753. The zero-order valence-corrected chi connectivity index (χ0v) is 10.2. The molecule has 0 saturated carbocycles. The van der Waals surface area contributed by atoms with Gasteiger partial charge in [0, 0.05) is 23.9 Å². The minimum Gasteiger partial charge on any atom is -0.495 e. The number of aromatic nitrogens is 1. The number of halogens is 1. The molecule has 0 bridgehead atoms. The van der Waals surface area contributed by atoms with E-state index in [9.17, 15) is 4.79 Å². The van der Waals surface area contributed by atoms with Crippen LogP contribution in [-0.4, -0.2) is 23.2 Å². The summed E-state index contributed by atoms with van der Waals surface area (Å²) in [5, 5.41) is 9.27. The van der Waals surface area contributed by atoms with E-state index in [0.717, 1.165) is 5.56 Å². The van der Waals surface area contributed by atoms with Crippen LogP contribution in [0.4, 0.5) is 0 Å². The van der Waals surface area contributed by atoms with Crippen molar-refractivity contribution < 1.29 is 14.6 Å². The SMILES string of the molecule is COc1c(Cl)cnc(CC(C)C(=O)O)c1C. The smallest absolute Gasteiger partial charge is 0.306 e. The molecule has 0 aromatic carbocycles. The number of nitrogens with zero attached hydrogens (tertiary/aromatic N) is 1. The fraction of sp³-hybridized carbons (Fsp3) is 0.455. The summed E-state index contributed by atoms with van der Waals surface area (Å²) >= 11 is 5.90. The van der Waals surface area contributed by atoms with Crippen LogP contribution in [0.1, 0.15) is 18.2 Å². The third-order valence-electron chi connectivity index (χ3n) is 2.45. The molecular weight excluding hydrogens is 230 g/mol. The van der Waals surface area contributed by atoms with E-state index >= 15 is 0 Å². The normalized spacial score (nSPS) is 12.2. The minimum atomic E-state index is -0.838. The van der Waals surface area contributed by atoms with Crippen LogP contribution in [0.15, 0.2) is 6.20 Å². The van der Waals surface area contributed by atoms with E-state index in [1.54, 1.807) is 6.92 Å². The summed E-state index contributed by atoms with van der Waals surface area (Å²) in [4.78, 5) is 14.9. The Kier molecular flexibility index (Phi) is 4.12. The van der Waals surface area contributed by atoms with Gasteiger partial charge in [0.05, 0.1) is 13.0 Å². The van der Waals surface area contributed by atoms with E-state index in [1.165, 1.54) is 13.3 Å². The number of carboxylic acid groups (broad SMARTS) is 1. The van der Waals surface area contributed by atoms with Gasteiger partial charge in [-0.15, -0.1) is 0 Å². The standard InChI is InChI=1S/C11H14ClNO3/c1-6(11(14)15)4-9-7(2)10(16-3)8(12)5-13-9/h5-6H,4H2,1-3H3,(H,14,15). The molecule has 0 amide bonds. The maximum atomic E-state index is 10.8. The largest absolute Gasteiger partial charge is 0.495 e. The first-order valence-electron chi connectivity index (χ1n) is 4.88. The highest BCUT2D eigenvalue weighted by Gasteiger charge is 2.17. The molecule has 5 heteroatoms. The van der Waals surface area contributed by atoms with E-state index < -0.39 is 11.9 Å². The molecule has 1 unspecified atom stereocenters. The molecule has 0 spiro atoms. The van der Waals surface area contributed by atoms with Crippen LogP contribution >= 0.6 is 11.6 Å². The van der Waals surface area contributed by atoms with Crippen molar-refractivity contribution in [2.75, 3.05) is 7.11 Å². The summed E-state index contributed by atoms with van der Waals surface area (Å²) in [6.45, 7) is 3.46. The molecule has 1 heterocycles. The van der Waals surface area contributed by atoms with Crippen LogP contribution in [0, 0.1) is 12.8 Å². The Morgan fingerprint density at radius 2 is 2.31 bits per heavy atom. The van der Waals surface area contributed by atoms with Crippen molar-refractivity contribution in [1.29, 1.82) is 0 Å². The first kappa shape index (κ1) is 12.8. The molecule has 88 valence electrons. The van der Waals surface area contributed by atoms with Gasteiger partial charge in [0.1, 0.15) is 10.8 Å². The van der Waals surface area contributed by atoms with E-state index in [0.29, 0.717) is 22.9 Å². The number of ether oxygens (including phenoxy) is 1. The van der Waals surface area contributed by atoms with Crippen molar-refractivity contribution in [1.82, 2.24) is 4.98 Å². The van der Waals surface area contributed by atoms with Crippen molar-refractivity contribution in [3.05, 3.63) is 22.5 Å². The molecule has 16 heavy (non-hydrogen) atoms. The molecular formula is C11H14ClNO3. The molecule has 1 N–H and O–H groups in total. The topological polar surface area (TPSA) is 59.4 Å². The maximum absolute atomic E-state index is 10.8. The van der Waals surface area contributed by atoms with Gasteiger partial charge in [-0.1, -0.05) is 18.5 Å². The Balaban J connectivity index is 3.02. The molecule has 1 rings (SSSR count). The number of pyridine rings is 1. The third-order valence-corrected chi connectivity index (χ3v) is 2.72. The quantitative estimate of drug-likeness (QED) is 0.882. The van der Waals surface area contributed by atoms with Crippen molar-refractivity contribution in [3.8, 4) is 5.75 Å². The molecule has 4 nitrogen and oxygen atoms in total. The molecule has 0 aliphatic rings. The van der Waals surface area contributed by atoms with Crippen LogP contribution in [0.2, 0.25) is 5.02 Å².